The van der Waals surface area contributed by atoms with Gasteiger partial charge in [-0.05, 0) is 6.92 Å². The fourth-order valence-corrected chi connectivity index (χ4v) is 1.92. The lowest BCUT2D eigenvalue weighted by molar-refractivity contribution is 0.543. The summed E-state index contributed by atoms with van der Waals surface area (Å²) in [5, 5.41) is 4.34. The number of aryl methyl sites for hydroxylation is 1. The molecule has 8 heteroatoms. The lowest BCUT2D eigenvalue weighted by Crippen LogP contribution is -2.41. The Morgan fingerprint density at radius 2 is 2.17 bits per heavy atom. The molecule has 0 aromatic carbocycles. The highest BCUT2D eigenvalue weighted by Crippen LogP contribution is 2.16. The highest BCUT2D eigenvalue weighted by atomic mass is 32.1. The molecule has 1 N–H and O–H groups in total. The van der Waals surface area contributed by atoms with Crippen molar-refractivity contribution >= 4 is 36.3 Å². The smallest absolute Gasteiger partial charge is 0.291 e. The Morgan fingerprint density at radius 3 is 2.78 bits per heavy atom. The molecule has 2 heterocycles. The van der Waals surface area contributed by atoms with E-state index < -0.39 is 10.4 Å². The molecule has 0 saturated heterocycles. The third kappa shape index (κ3) is 2.22. The first-order chi connectivity index (χ1) is 8.35. The quantitative estimate of drug-likeness (QED) is 0.698. The first-order valence-electron chi connectivity index (χ1n) is 5.34. The molecule has 0 aliphatic heterocycles. The van der Waals surface area contributed by atoms with Gasteiger partial charge in [-0.3, -0.25) is 19.0 Å². The monoisotopic (exact) mass is 286 g/mol. The Morgan fingerprint density at radius 1 is 1.50 bits per heavy atom. The van der Waals surface area contributed by atoms with Crippen LogP contribution in [0, 0.1) is 0 Å². The predicted molar refractivity (Wildman–Crippen MR) is 76.8 cm³/mol. The number of nitrogens with one attached hydrogen (secondary N) is 1. The lowest BCUT2D eigenvalue weighted by Gasteiger charge is -2.21. The summed E-state index contributed by atoms with van der Waals surface area (Å²) < 4.78 is 2.06. The van der Waals surface area contributed by atoms with E-state index in [0.717, 1.165) is 4.57 Å². The average molecular weight is 286 g/mol. The number of hydrogen-bond donors (Lipinski definition) is 3. The molecule has 0 spiro atoms. The number of nitrogens with zero attached hydrogens (tertiary/aromatic N) is 3. The van der Waals surface area contributed by atoms with E-state index in [1.165, 1.54) is 10.9 Å². The molecule has 98 valence electrons. The molecule has 1 atom stereocenters. The SMILES string of the molecule is Cn1ncc2c(=O)n(C[C@@](C)(S)CS)c(=O)[nH]c21. The van der Waals surface area contributed by atoms with Crippen molar-refractivity contribution in [3.8, 4) is 0 Å². The molecule has 0 radical (unpaired) electrons. The van der Waals surface area contributed by atoms with E-state index in [9.17, 15) is 9.59 Å². The van der Waals surface area contributed by atoms with Gasteiger partial charge in [-0.1, -0.05) is 0 Å². The van der Waals surface area contributed by atoms with Gasteiger partial charge in [0.2, 0.25) is 0 Å². The highest BCUT2D eigenvalue weighted by molar-refractivity contribution is 7.85. The molecule has 0 bridgehead atoms. The van der Waals surface area contributed by atoms with Gasteiger partial charge >= 0.3 is 5.69 Å². The highest BCUT2D eigenvalue weighted by Gasteiger charge is 2.21. The van der Waals surface area contributed by atoms with Crippen molar-refractivity contribution in [2.75, 3.05) is 5.75 Å². The van der Waals surface area contributed by atoms with Crippen LogP contribution in [0.4, 0.5) is 0 Å². The summed E-state index contributed by atoms with van der Waals surface area (Å²) in [5.41, 5.74) is -0.393. The number of H-pyrrole nitrogens is 1. The molecule has 2 rings (SSSR count). The summed E-state index contributed by atoms with van der Waals surface area (Å²) in [5.74, 6) is 0.451. The Balaban J connectivity index is 2.66. The van der Waals surface area contributed by atoms with Gasteiger partial charge in [0.05, 0.1) is 6.20 Å². The summed E-state index contributed by atoms with van der Waals surface area (Å²) in [6.45, 7) is 2.01. The standard InChI is InChI=1S/C10H14N4O2S2/c1-10(18,5-17)4-14-8(15)6-3-11-13(2)7(6)12-9(14)16/h3,17-18H,4-5H2,1-2H3,(H,12,16)/t10-/m1/s1. The van der Waals surface area contributed by atoms with Crippen molar-refractivity contribution in [2.45, 2.75) is 18.2 Å². The molecule has 0 unspecified atom stereocenters. The molecule has 0 amide bonds. The molecular weight excluding hydrogens is 272 g/mol. The summed E-state index contributed by atoms with van der Waals surface area (Å²) in [6, 6.07) is 0. The van der Waals surface area contributed by atoms with Crippen LogP contribution in [0.1, 0.15) is 6.92 Å². The van der Waals surface area contributed by atoms with Gasteiger partial charge < -0.3 is 0 Å². The van der Waals surface area contributed by atoms with Crippen LogP contribution in [0.2, 0.25) is 0 Å². The van der Waals surface area contributed by atoms with Crippen molar-refractivity contribution in [2.24, 2.45) is 7.05 Å². The van der Waals surface area contributed by atoms with Crippen molar-refractivity contribution in [1.29, 1.82) is 0 Å². The second-order valence-electron chi connectivity index (χ2n) is 4.51. The molecule has 6 nitrogen and oxygen atoms in total. The normalized spacial score (nSPS) is 14.9. The maximum Gasteiger partial charge on any atom is 0.330 e. The van der Waals surface area contributed by atoms with Crippen LogP contribution < -0.4 is 11.2 Å². The average Bonchev–Trinajstić information content (AvgIpc) is 2.67. The van der Waals surface area contributed by atoms with Crippen LogP contribution in [-0.2, 0) is 13.6 Å². The Bertz CT molecular complexity index is 698. The molecule has 0 saturated carbocycles. The Kier molecular flexibility index (Phi) is 3.33. The topological polar surface area (TPSA) is 72.7 Å². The minimum atomic E-state index is -0.532. The third-order valence-electron chi connectivity index (χ3n) is 2.72. The van der Waals surface area contributed by atoms with Gasteiger partial charge in [-0.15, -0.1) is 0 Å². The van der Waals surface area contributed by atoms with Crippen LogP contribution in [0.5, 0.6) is 0 Å². The first-order valence-corrected chi connectivity index (χ1v) is 6.42. The molecule has 0 aliphatic rings. The van der Waals surface area contributed by atoms with Gasteiger partial charge in [-0.25, -0.2) is 4.79 Å². The summed E-state index contributed by atoms with van der Waals surface area (Å²) >= 11 is 8.54. The van der Waals surface area contributed by atoms with Gasteiger partial charge in [0, 0.05) is 24.1 Å². The predicted octanol–water partition coefficient (Wildman–Crippen LogP) is 0.0416. The van der Waals surface area contributed by atoms with Gasteiger partial charge in [-0.2, -0.15) is 30.4 Å². The van der Waals surface area contributed by atoms with E-state index in [4.69, 9.17) is 0 Å². The maximum atomic E-state index is 12.2. The number of aromatic nitrogens is 4. The Hall–Kier alpha value is -1.15. The summed E-state index contributed by atoms with van der Waals surface area (Å²) in [4.78, 5) is 26.7. The van der Waals surface area contributed by atoms with Crippen LogP contribution in [0.3, 0.4) is 0 Å². The second-order valence-corrected chi connectivity index (χ2v) is 5.90. The maximum absolute atomic E-state index is 12.2. The largest absolute Gasteiger partial charge is 0.330 e. The molecule has 2 aromatic rings. The number of fused-ring (bicyclic) bond motifs is 1. The molecule has 2 aromatic heterocycles. The first kappa shape index (κ1) is 13.3. The zero-order chi connectivity index (χ0) is 13.5. The van der Waals surface area contributed by atoms with E-state index >= 15 is 0 Å². The van der Waals surface area contributed by atoms with Gasteiger partial charge in [0.15, 0.2) is 0 Å². The number of hydrogen-bond acceptors (Lipinski definition) is 5. The van der Waals surface area contributed by atoms with Crippen LogP contribution in [0.15, 0.2) is 15.8 Å². The van der Waals surface area contributed by atoms with E-state index in [1.54, 1.807) is 7.05 Å². The molecule has 0 fully saturated rings. The minimum Gasteiger partial charge on any atom is -0.291 e. The van der Waals surface area contributed by atoms with Crippen molar-refractivity contribution < 1.29 is 0 Å². The van der Waals surface area contributed by atoms with Crippen LogP contribution in [-0.4, -0.2) is 29.8 Å². The lowest BCUT2D eigenvalue weighted by atomic mass is 10.2. The Labute approximate surface area is 114 Å². The number of thiol groups is 2. The second kappa shape index (κ2) is 4.51. The zero-order valence-electron chi connectivity index (χ0n) is 10.0. The van der Waals surface area contributed by atoms with E-state index in [1.807, 2.05) is 6.92 Å². The fraction of sp³-hybridized carbons (Fsp3) is 0.500. The van der Waals surface area contributed by atoms with E-state index in [-0.39, 0.29) is 12.1 Å². The van der Waals surface area contributed by atoms with Crippen molar-refractivity contribution in [3.63, 3.8) is 0 Å². The molecular formula is C10H14N4O2S2. The number of rotatable bonds is 3. The van der Waals surface area contributed by atoms with Crippen molar-refractivity contribution in [1.82, 2.24) is 19.3 Å². The molecule has 18 heavy (non-hydrogen) atoms. The third-order valence-corrected chi connectivity index (χ3v) is 3.97. The van der Waals surface area contributed by atoms with Crippen LogP contribution in [0.25, 0.3) is 11.0 Å². The van der Waals surface area contributed by atoms with Gasteiger partial charge in [0.25, 0.3) is 5.56 Å². The fourth-order valence-electron chi connectivity index (χ4n) is 1.68. The van der Waals surface area contributed by atoms with E-state index in [2.05, 4.69) is 35.3 Å². The molecule has 0 aliphatic carbocycles. The van der Waals surface area contributed by atoms with Crippen LogP contribution >= 0.6 is 25.3 Å². The van der Waals surface area contributed by atoms with Crippen molar-refractivity contribution in [3.05, 3.63) is 27.0 Å². The minimum absolute atomic E-state index is 0.193. The van der Waals surface area contributed by atoms with Gasteiger partial charge in [0.1, 0.15) is 11.0 Å². The number of aromatic amines is 1. The summed E-state index contributed by atoms with van der Waals surface area (Å²) in [7, 11) is 1.67. The summed E-state index contributed by atoms with van der Waals surface area (Å²) in [6.07, 6.45) is 1.45. The van der Waals surface area contributed by atoms with E-state index in [0.29, 0.717) is 16.8 Å². The zero-order valence-corrected chi connectivity index (χ0v) is 11.8.